The van der Waals surface area contributed by atoms with E-state index in [1.807, 2.05) is 41.5 Å². The van der Waals surface area contributed by atoms with Gasteiger partial charge in [-0.3, -0.25) is 4.79 Å². The van der Waals surface area contributed by atoms with E-state index in [1.54, 1.807) is 4.90 Å². The number of carbonyl (C=O) groups excluding carboxylic acids is 2. The van der Waals surface area contributed by atoms with Crippen LogP contribution >= 0.6 is 0 Å². The van der Waals surface area contributed by atoms with Gasteiger partial charge in [-0.1, -0.05) is 41.0 Å². The minimum absolute atomic E-state index is 0.0370. The SMILES string of the molecule is CC(C)(C)NC(=O)N[C@H](C(=O)N1C[C@]2(C[C@H]1C(=O)O)C(C)(C)C21CCC1)C(C)(C)C. The lowest BCUT2D eigenvalue weighted by Crippen LogP contribution is -2.60. The summed E-state index contributed by atoms with van der Waals surface area (Å²) in [5, 5.41) is 15.6. The Kier molecular flexibility index (Phi) is 5.04. The maximum absolute atomic E-state index is 13.7. The molecule has 3 fully saturated rings. The van der Waals surface area contributed by atoms with E-state index >= 15 is 0 Å². The van der Waals surface area contributed by atoms with Crippen LogP contribution in [0, 0.1) is 21.7 Å². The summed E-state index contributed by atoms with van der Waals surface area (Å²) in [6.45, 7) is 16.2. The van der Waals surface area contributed by atoms with Gasteiger partial charge in [0.25, 0.3) is 0 Å². The van der Waals surface area contributed by atoms with Crippen molar-refractivity contribution in [3.8, 4) is 0 Å². The molecular weight excluding hydrogens is 382 g/mol. The monoisotopic (exact) mass is 421 g/mol. The molecule has 0 radical (unpaired) electrons. The van der Waals surface area contributed by atoms with Crippen molar-refractivity contribution in [3.63, 3.8) is 0 Å². The van der Waals surface area contributed by atoms with Gasteiger partial charge < -0.3 is 20.6 Å². The van der Waals surface area contributed by atoms with Gasteiger partial charge in [-0.25, -0.2) is 9.59 Å². The van der Waals surface area contributed by atoms with Crippen LogP contribution < -0.4 is 10.6 Å². The first kappa shape index (κ1) is 22.9. The van der Waals surface area contributed by atoms with Gasteiger partial charge in [-0.2, -0.15) is 0 Å². The van der Waals surface area contributed by atoms with Crippen molar-refractivity contribution in [2.75, 3.05) is 6.54 Å². The van der Waals surface area contributed by atoms with Crippen LogP contribution in [0.5, 0.6) is 0 Å². The van der Waals surface area contributed by atoms with E-state index in [1.165, 1.54) is 6.42 Å². The molecule has 2 saturated carbocycles. The van der Waals surface area contributed by atoms with Gasteiger partial charge in [0.2, 0.25) is 5.91 Å². The fraction of sp³-hybridized carbons (Fsp3) is 0.870. The number of hydrogen-bond donors (Lipinski definition) is 3. The third kappa shape index (κ3) is 3.19. The van der Waals surface area contributed by atoms with Crippen molar-refractivity contribution in [3.05, 3.63) is 0 Å². The number of carboxylic acid groups (broad SMARTS) is 1. The lowest BCUT2D eigenvalue weighted by molar-refractivity contribution is -0.150. The number of amides is 3. The van der Waals surface area contributed by atoms with Crippen LogP contribution in [-0.2, 0) is 9.59 Å². The van der Waals surface area contributed by atoms with Crippen molar-refractivity contribution < 1.29 is 19.5 Å². The summed E-state index contributed by atoms with van der Waals surface area (Å²) in [5.41, 5.74) is -0.927. The minimum atomic E-state index is -0.954. The minimum Gasteiger partial charge on any atom is -0.480 e. The smallest absolute Gasteiger partial charge is 0.326 e. The van der Waals surface area contributed by atoms with E-state index in [4.69, 9.17) is 0 Å². The molecular formula is C23H39N3O4. The molecule has 3 aliphatic rings. The average Bonchev–Trinajstić information content (AvgIpc) is 2.78. The van der Waals surface area contributed by atoms with Crippen LogP contribution in [0.25, 0.3) is 0 Å². The van der Waals surface area contributed by atoms with Crippen LogP contribution in [0.4, 0.5) is 4.79 Å². The largest absolute Gasteiger partial charge is 0.480 e. The van der Waals surface area contributed by atoms with Gasteiger partial charge in [0, 0.05) is 17.5 Å². The highest BCUT2D eigenvalue weighted by Crippen LogP contribution is 2.88. The maximum atomic E-state index is 13.7. The Labute approximate surface area is 180 Å². The molecule has 1 saturated heterocycles. The highest BCUT2D eigenvalue weighted by Gasteiger charge is 2.85. The Bertz CT molecular complexity index is 757. The van der Waals surface area contributed by atoms with Gasteiger partial charge in [0.15, 0.2) is 0 Å². The summed E-state index contributed by atoms with van der Waals surface area (Å²) < 4.78 is 0. The third-order valence-electron chi connectivity index (χ3n) is 8.26. The highest BCUT2D eigenvalue weighted by atomic mass is 16.4. The Morgan fingerprint density at radius 3 is 1.97 bits per heavy atom. The summed E-state index contributed by atoms with van der Waals surface area (Å²) in [6.07, 6.45) is 3.91. The average molecular weight is 422 g/mol. The summed E-state index contributed by atoms with van der Waals surface area (Å²) in [7, 11) is 0. The lowest BCUT2D eigenvalue weighted by Gasteiger charge is -2.36. The molecule has 30 heavy (non-hydrogen) atoms. The van der Waals surface area contributed by atoms with Crippen LogP contribution in [0.15, 0.2) is 0 Å². The summed E-state index contributed by atoms with van der Waals surface area (Å²) in [4.78, 5) is 39.9. The van der Waals surface area contributed by atoms with Gasteiger partial charge in [-0.15, -0.1) is 0 Å². The molecule has 2 spiro atoms. The molecule has 3 amide bonds. The molecule has 7 heteroatoms. The van der Waals surface area contributed by atoms with E-state index in [2.05, 4.69) is 24.5 Å². The van der Waals surface area contributed by atoms with Gasteiger partial charge in [0.05, 0.1) is 0 Å². The number of fused-ring (bicyclic) bond motifs is 1. The first-order valence-electron chi connectivity index (χ1n) is 11.1. The molecule has 2 aliphatic carbocycles. The van der Waals surface area contributed by atoms with Crippen molar-refractivity contribution >= 4 is 17.9 Å². The molecule has 0 aromatic heterocycles. The second kappa shape index (κ2) is 6.60. The van der Waals surface area contributed by atoms with Gasteiger partial charge in [-0.05, 0) is 56.3 Å². The second-order valence-electron chi connectivity index (χ2n) is 12.3. The molecule has 7 nitrogen and oxygen atoms in total. The topological polar surface area (TPSA) is 98.7 Å². The van der Waals surface area contributed by atoms with Crippen molar-refractivity contribution in [1.29, 1.82) is 0 Å². The zero-order valence-corrected chi connectivity index (χ0v) is 19.8. The molecule has 1 heterocycles. The molecule has 0 aromatic rings. The predicted octanol–water partition coefficient (Wildman–Crippen LogP) is 3.38. The zero-order chi connectivity index (χ0) is 22.9. The van der Waals surface area contributed by atoms with Crippen molar-refractivity contribution in [2.24, 2.45) is 21.7 Å². The molecule has 3 atom stereocenters. The number of nitrogens with zero attached hydrogens (tertiary/aromatic N) is 1. The number of hydrogen-bond acceptors (Lipinski definition) is 3. The number of likely N-dealkylation sites (tertiary alicyclic amines) is 1. The number of carboxylic acids is 1. The summed E-state index contributed by atoms with van der Waals surface area (Å²) in [5.74, 6) is -1.25. The summed E-state index contributed by atoms with van der Waals surface area (Å²) >= 11 is 0. The predicted molar refractivity (Wildman–Crippen MR) is 115 cm³/mol. The number of urea groups is 1. The molecule has 3 N–H and O–H groups in total. The fourth-order valence-electron chi connectivity index (χ4n) is 6.37. The number of rotatable bonds is 3. The number of carbonyl (C=O) groups is 3. The third-order valence-corrected chi connectivity index (χ3v) is 8.26. The maximum Gasteiger partial charge on any atom is 0.326 e. The van der Waals surface area contributed by atoms with E-state index in [9.17, 15) is 19.5 Å². The number of nitrogens with one attached hydrogen (secondary N) is 2. The van der Waals surface area contributed by atoms with Crippen LogP contribution in [-0.4, -0.2) is 52.1 Å². The van der Waals surface area contributed by atoms with Gasteiger partial charge >= 0.3 is 12.0 Å². The van der Waals surface area contributed by atoms with E-state index in [0.29, 0.717) is 13.0 Å². The first-order chi connectivity index (χ1) is 13.5. The van der Waals surface area contributed by atoms with E-state index in [0.717, 1.165) is 12.8 Å². The lowest BCUT2D eigenvalue weighted by atomic mass is 9.73. The zero-order valence-electron chi connectivity index (χ0n) is 19.8. The Morgan fingerprint density at radius 2 is 1.60 bits per heavy atom. The van der Waals surface area contributed by atoms with Crippen LogP contribution in [0.2, 0.25) is 0 Å². The fourth-order valence-corrected chi connectivity index (χ4v) is 6.37. The van der Waals surface area contributed by atoms with Crippen LogP contribution in [0.1, 0.15) is 81.1 Å². The molecule has 0 bridgehead atoms. The van der Waals surface area contributed by atoms with E-state index in [-0.39, 0.29) is 22.2 Å². The summed E-state index contributed by atoms with van der Waals surface area (Å²) in [6, 6.07) is -2.07. The Balaban J connectivity index is 1.86. The quantitative estimate of drug-likeness (QED) is 0.650. The second-order valence-corrected chi connectivity index (χ2v) is 12.3. The van der Waals surface area contributed by atoms with Gasteiger partial charge in [0.1, 0.15) is 12.1 Å². The van der Waals surface area contributed by atoms with Crippen LogP contribution in [0.3, 0.4) is 0 Å². The Hall–Kier alpha value is -1.79. The standard InChI is InChI=1S/C23H39N3O4/c1-19(2,3)15(24-18(30)25-20(4,5)6)16(27)26-13-23(12-14(26)17(28)29)21(7,8)22(23)10-9-11-22/h14-15H,9-13H2,1-8H3,(H,28,29)(H2,24,25,30)/t14-,15+,23+/m0/s1. The molecule has 170 valence electrons. The van der Waals surface area contributed by atoms with Crippen molar-refractivity contribution in [1.82, 2.24) is 15.5 Å². The van der Waals surface area contributed by atoms with Crippen molar-refractivity contribution in [2.45, 2.75) is 98.7 Å². The normalized spacial score (nSPS) is 30.0. The molecule has 0 aromatic carbocycles. The first-order valence-corrected chi connectivity index (χ1v) is 11.1. The van der Waals surface area contributed by atoms with E-state index < -0.39 is 35.0 Å². The highest BCUT2D eigenvalue weighted by molar-refractivity contribution is 5.91. The molecule has 0 unspecified atom stereocenters. The Morgan fingerprint density at radius 1 is 1.03 bits per heavy atom. The molecule has 3 rings (SSSR count). The molecule has 1 aliphatic heterocycles. The number of aliphatic carboxylic acids is 1.